The molecule has 1 unspecified atom stereocenters. The molecule has 0 aromatic rings. The Morgan fingerprint density at radius 1 is 1.30 bits per heavy atom. The first-order chi connectivity index (χ1) is 4.19. The molecule has 4 nitrogen and oxygen atoms in total. The Bertz CT molecular complexity index is 146. The molecule has 2 N–H and O–H groups in total. The van der Waals surface area contributed by atoms with Crippen molar-refractivity contribution in [2.24, 2.45) is 11.1 Å². The number of nitro groups is 1. The van der Waals surface area contributed by atoms with Gasteiger partial charge in [-0.2, -0.15) is 0 Å². The molecule has 0 aliphatic carbocycles. The van der Waals surface area contributed by atoms with Crippen LogP contribution in [0.5, 0.6) is 0 Å². The van der Waals surface area contributed by atoms with Gasteiger partial charge in [-0.1, -0.05) is 20.8 Å². The van der Waals surface area contributed by atoms with Crippen molar-refractivity contribution in [2.45, 2.75) is 33.4 Å². The summed E-state index contributed by atoms with van der Waals surface area (Å²) in [7, 11) is 0. The molecule has 0 aliphatic heterocycles. The van der Waals surface area contributed by atoms with E-state index in [0.29, 0.717) is 0 Å². The smallest absolute Gasteiger partial charge is 0.266 e. The number of hydrogen-bond donors (Lipinski definition) is 1. The molecule has 0 saturated carbocycles. The lowest BCUT2D eigenvalue weighted by molar-refractivity contribution is -0.583. The van der Waals surface area contributed by atoms with Crippen LogP contribution < -0.4 is 5.73 Å². The van der Waals surface area contributed by atoms with Crippen molar-refractivity contribution in [3.05, 3.63) is 10.1 Å². The molecule has 10 heavy (non-hydrogen) atoms. The zero-order valence-corrected chi connectivity index (χ0v) is 6.84. The van der Waals surface area contributed by atoms with E-state index < -0.39 is 16.0 Å². The number of nitrogens with two attached hydrogens (primary N) is 1. The van der Waals surface area contributed by atoms with Crippen LogP contribution in [0, 0.1) is 15.5 Å². The molecular formula is C6H14N2O2. The van der Waals surface area contributed by atoms with Gasteiger partial charge in [0.1, 0.15) is 0 Å². The fourth-order valence-electron chi connectivity index (χ4n) is 0.274. The molecule has 4 heteroatoms. The summed E-state index contributed by atoms with van der Waals surface area (Å²) >= 11 is 0. The first-order valence-corrected chi connectivity index (χ1v) is 3.13. The molecule has 0 aromatic heterocycles. The van der Waals surface area contributed by atoms with E-state index in [0.717, 1.165) is 0 Å². The minimum atomic E-state index is -1.34. The van der Waals surface area contributed by atoms with Crippen LogP contribution in [0.4, 0.5) is 0 Å². The minimum Gasteiger partial charge on any atom is -0.266 e. The highest BCUT2D eigenvalue weighted by atomic mass is 16.6. The van der Waals surface area contributed by atoms with E-state index in [2.05, 4.69) is 0 Å². The zero-order valence-electron chi connectivity index (χ0n) is 6.84. The molecule has 0 radical (unpaired) electrons. The third-order valence-corrected chi connectivity index (χ3v) is 1.90. The number of hydrogen-bond acceptors (Lipinski definition) is 3. The third kappa shape index (κ3) is 1.44. The lowest BCUT2D eigenvalue weighted by Crippen LogP contribution is -2.54. The van der Waals surface area contributed by atoms with Gasteiger partial charge in [-0.3, -0.25) is 15.8 Å². The molecule has 0 saturated heterocycles. The van der Waals surface area contributed by atoms with Crippen LogP contribution >= 0.6 is 0 Å². The third-order valence-electron chi connectivity index (χ3n) is 1.90. The first-order valence-electron chi connectivity index (χ1n) is 3.13. The van der Waals surface area contributed by atoms with Gasteiger partial charge in [-0.05, 0) is 0 Å². The Morgan fingerprint density at radius 2 is 1.60 bits per heavy atom. The molecule has 0 aliphatic rings. The minimum absolute atomic E-state index is 0.451. The van der Waals surface area contributed by atoms with Crippen molar-refractivity contribution in [3.63, 3.8) is 0 Å². The Balaban J connectivity index is 4.57. The summed E-state index contributed by atoms with van der Waals surface area (Å²) in [6.45, 7) is 6.66. The van der Waals surface area contributed by atoms with Gasteiger partial charge in [0.05, 0.1) is 0 Å². The van der Waals surface area contributed by atoms with E-state index in [1.165, 1.54) is 6.92 Å². The van der Waals surface area contributed by atoms with Crippen LogP contribution in [0.3, 0.4) is 0 Å². The highest BCUT2D eigenvalue weighted by Crippen LogP contribution is 2.27. The molecule has 60 valence electrons. The van der Waals surface area contributed by atoms with Gasteiger partial charge >= 0.3 is 0 Å². The van der Waals surface area contributed by atoms with Crippen LogP contribution in [-0.4, -0.2) is 10.6 Å². The van der Waals surface area contributed by atoms with Crippen LogP contribution in [0.2, 0.25) is 0 Å². The topological polar surface area (TPSA) is 69.2 Å². The fourth-order valence-corrected chi connectivity index (χ4v) is 0.274. The summed E-state index contributed by atoms with van der Waals surface area (Å²) in [5, 5.41) is 10.3. The number of rotatable bonds is 1. The van der Waals surface area contributed by atoms with Gasteiger partial charge in [0, 0.05) is 17.3 Å². The average Bonchev–Trinajstić information content (AvgIpc) is 1.62. The second-order valence-electron chi connectivity index (χ2n) is 3.65. The largest absolute Gasteiger partial charge is 0.274 e. The van der Waals surface area contributed by atoms with Gasteiger partial charge in [0.2, 0.25) is 0 Å². The quantitative estimate of drug-likeness (QED) is 0.340. The standard InChI is InChI=1S/C6H14N2O2/c1-5(2,3)6(4,7)8(9)10/h7H2,1-4H3. The second-order valence-corrected chi connectivity index (χ2v) is 3.65. The lowest BCUT2D eigenvalue weighted by Gasteiger charge is -2.29. The van der Waals surface area contributed by atoms with E-state index >= 15 is 0 Å². The van der Waals surface area contributed by atoms with Gasteiger partial charge in [0.25, 0.3) is 5.66 Å². The maximum atomic E-state index is 10.3. The molecule has 1 atom stereocenters. The monoisotopic (exact) mass is 146 g/mol. The van der Waals surface area contributed by atoms with Gasteiger partial charge in [-0.25, -0.2) is 0 Å². The van der Waals surface area contributed by atoms with E-state index in [9.17, 15) is 10.1 Å². The summed E-state index contributed by atoms with van der Waals surface area (Å²) in [6, 6.07) is 0. The molecule has 0 amide bonds. The molecule has 0 spiro atoms. The zero-order chi connectivity index (χ0) is 8.58. The van der Waals surface area contributed by atoms with E-state index in [4.69, 9.17) is 5.73 Å². The Labute approximate surface area is 60.6 Å². The summed E-state index contributed by atoms with van der Waals surface area (Å²) in [6.07, 6.45) is 0. The summed E-state index contributed by atoms with van der Waals surface area (Å²) in [4.78, 5) is 9.90. The molecule has 0 heterocycles. The van der Waals surface area contributed by atoms with Crippen LogP contribution in [0.25, 0.3) is 0 Å². The highest BCUT2D eigenvalue weighted by Gasteiger charge is 2.44. The highest BCUT2D eigenvalue weighted by molar-refractivity contribution is 4.80. The van der Waals surface area contributed by atoms with Crippen molar-refractivity contribution >= 4 is 0 Å². The Morgan fingerprint density at radius 3 is 1.60 bits per heavy atom. The number of nitrogens with zero attached hydrogens (tertiary/aromatic N) is 1. The maximum Gasteiger partial charge on any atom is 0.274 e. The van der Waals surface area contributed by atoms with Crippen molar-refractivity contribution in [2.75, 3.05) is 0 Å². The van der Waals surface area contributed by atoms with Gasteiger partial charge in [-0.15, -0.1) is 0 Å². The van der Waals surface area contributed by atoms with E-state index in [-0.39, 0.29) is 0 Å². The SMILES string of the molecule is CC(C)(C)C(C)(N)[N+](=O)[O-]. The molecule has 0 aromatic carbocycles. The summed E-state index contributed by atoms with van der Waals surface area (Å²) in [5.41, 5.74) is 3.59. The van der Waals surface area contributed by atoms with Crippen LogP contribution in [-0.2, 0) is 0 Å². The van der Waals surface area contributed by atoms with Crippen molar-refractivity contribution < 1.29 is 4.92 Å². The van der Waals surface area contributed by atoms with Gasteiger partial charge in [0.15, 0.2) is 0 Å². The van der Waals surface area contributed by atoms with Gasteiger partial charge < -0.3 is 0 Å². The molecule has 0 rings (SSSR count). The van der Waals surface area contributed by atoms with E-state index in [1.54, 1.807) is 20.8 Å². The maximum absolute atomic E-state index is 10.3. The summed E-state index contributed by atoms with van der Waals surface area (Å²) < 4.78 is 0. The molecular weight excluding hydrogens is 132 g/mol. The Hall–Kier alpha value is -0.640. The first kappa shape index (κ1) is 9.36. The average molecular weight is 146 g/mol. The van der Waals surface area contributed by atoms with Crippen molar-refractivity contribution in [1.29, 1.82) is 0 Å². The van der Waals surface area contributed by atoms with Crippen molar-refractivity contribution in [1.82, 2.24) is 0 Å². The van der Waals surface area contributed by atoms with Crippen molar-refractivity contribution in [3.8, 4) is 0 Å². The predicted octanol–water partition coefficient (Wildman–Crippen LogP) is 0.984. The second kappa shape index (κ2) is 2.20. The summed E-state index contributed by atoms with van der Waals surface area (Å²) in [5.74, 6) is 0. The lowest BCUT2D eigenvalue weighted by atomic mass is 9.83. The van der Waals surface area contributed by atoms with Crippen LogP contribution in [0.1, 0.15) is 27.7 Å². The molecule has 0 fully saturated rings. The normalized spacial score (nSPS) is 18.1. The molecule has 0 bridgehead atoms. The van der Waals surface area contributed by atoms with Crippen LogP contribution in [0.15, 0.2) is 0 Å². The predicted molar refractivity (Wildman–Crippen MR) is 39.0 cm³/mol. The fraction of sp³-hybridized carbons (Fsp3) is 1.00. The Kier molecular flexibility index (Phi) is 2.06. The van der Waals surface area contributed by atoms with E-state index in [1.807, 2.05) is 0 Å².